The van der Waals surface area contributed by atoms with Gasteiger partial charge in [-0.1, -0.05) is 6.08 Å². The lowest BCUT2D eigenvalue weighted by atomic mass is 9.60. The second kappa shape index (κ2) is 4.76. The largest absolute Gasteiger partial charge is 0.512 e. The van der Waals surface area contributed by atoms with Gasteiger partial charge in [0.05, 0.1) is 18.3 Å². The molecule has 0 amide bonds. The number of carbonyl (C=O) groups excluding carboxylic acids is 1. The molecule has 2 N–H and O–H groups in total. The standard InChI is InChI=1S/C14H20O4/c1-3-5-10-9-6-4-7-14(10,17)8-11(15)12(9)13(16)18-2/h3,9-10,15,17H,1,4-8H2,2H3/t9-,10+,14+/m1/s1. The predicted octanol–water partition coefficient (Wildman–Crippen LogP) is 2.10. The van der Waals surface area contributed by atoms with Crippen molar-refractivity contribution in [3.05, 3.63) is 24.0 Å². The fourth-order valence-corrected chi connectivity index (χ4v) is 3.50. The van der Waals surface area contributed by atoms with Crippen LogP contribution in [0.3, 0.4) is 0 Å². The molecule has 0 unspecified atom stereocenters. The summed E-state index contributed by atoms with van der Waals surface area (Å²) < 4.78 is 4.75. The molecular weight excluding hydrogens is 232 g/mol. The maximum atomic E-state index is 11.8. The summed E-state index contributed by atoms with van der Waals surface area (Å²) in [5.41, 5.74) is -0.549. The summed E-state index contributed by atoms with van der Waals surface area (Å²) in [6, 6.07) is 0. The zero-order chi connectivity index (χ0) is 13.3. The Morgan fingerprint density at radius 2 is 2.39 bits per heavy atom. The van der Waals surface area contributed by atoms with Crippen LogP contribution in [0, 0.1) is 11.8 Å². The smallest absolute Gasteiger partial charge is 0.337 e. The number of hydrogen-bond donors (Lipinski definition) is 2. The second-order valence-electron chi connectivity index (χ2n) is 5.26. The highest BCUT2D eigenvalue weighted by Crippen LogP contribution is 2.50. The first kappa shape index (κ1) is 13.1. The van der Waals surface area contributed by atoms with E-state index in [9.17, 15) is 15.0 Å². The fraction of sp³-hybridized carbons (Fsp3) is 0.643. The van der Waals surface area contributed by atoms with E-state index >= 15 is 0 Å². The minimum Gasteiger partial charge on any atom is -0.512 e. The van der Waals surface area contributed by atoms with Gasteiger partial charge in [-0.15, -0.1) is 6.58 Å². The van der Waals surface area contributed by atoms with Gasteiger partial charge in [0.1, 0.15) is 5.76 Å². The third-order valence-electron chi connectivity index (χ3n) is 4.28. The number of ether oxygens (including phenoxy) is 1. The topological polar surface area (TPSA) is 66.8 Å². The van der Waals surface area contributed by atoms with E-state index in [2.05, 4.69) is 6.58 Å². The molecule has 0 radical (unpaired) electrons. The Bertz CT molecular complexity index is 399. The Morgan fingerprint density at radius 1 is 1.67 bits per heavy atom. The molecule has 2 aliphatic rings. The van der Waals surface area contributed by atoms with Gasteiger partial charge in [-0.25, -0.2) is 4.79 Å². The van der Waals surface area contributed by atoms with Crippen LogP contribution < -0.4 is 0 Å². The third kappa shape index (κ3) is 1.94. The summed E-state index contributed by atoms with van der Waals surface area (Å²) >= 11 is 0. The third-order valence-corrected chi connectivity index (χ3v) is 4.28. The van der Waals surface area contributed by atoms with Crippen molar-refractivity contribution >= 4 is 5.97 Å². The number of fused-ring (bicyclic) bond motifs is 2. The van der Waals surface area contributed by atoms with E-state index in [4.69, 9.17) is 4.74 Å². The van der Waals surface area contributed by atoms with Crippen LogP contribution in [-0.4, -0.2) is 28.9 Å². The van der Waals surface area contributed by atoms with Crippen molar-refractivity contribution in [3.63, 3.8) is 0 Å². The molecule has 2 aliphatic carbocycles. The molecule has 18 heavy (non-hydrogen) atoms. The lowest BCUT2D eigenvalue weighted by Gasteiger charge is -2.48. The van der Waals surface area contributed by atoms with Crippen LogP contribution in [0.15, 0.2) is 24.0 Å². The molecular formula is C14H20O4. The first-order chi connectivity index (χ1) is 8.53. The molecule has 100 valence electrons. The summed E-state index contributed by atoms with van der Waals surface area (Å²) in [4.78, 5) is 11.8. The summed E-state index contributed by atoms with van der Waals surface area (Å²) in [7, 11) is 1.31. The lowest BCUT2D eigenvalue weighted by molar-refractivity contribution is -0.140. The fourth-order valence-electron chi connectivity index (χ4n) is 3.50. The molecule has 0 aromatic rings. The van der Waals surface area contributed by atoms with Gasteiger partial charge in [0.15, 0.2) is 0 Å². The zero-order valence-corrected chi connectivity index (χ0v) is 10.7. The van der Waals surface area contributed by atoms with E-state index in [1.165, 1.54) is 7.11 Å². The maximum absolute atomic E-state index is 11.8. The lowest BCUT2D eigenvalue weighted by Crippen LogP contribution is -2.50. The van der Waals surface area contributed by atoms with Gasteiger partial charge < -0.3 is 14.9 Å². The Labute approximate surface area is 107 Å². The van der Waals surface area contributed by atoms with Crippen LogP contribution in [-0.2, 0) is 9.53 Å². The van der Waals surface area contributed by atoms with Crippen LogP contribution in [0.2, 0.25) is 0 Å². The molecule has 3 atom stereocenters. The molecule has 0 aromatic heterocycles. The molecule has 1 fully saturated rings. The highest BCUT2D eigenvalue weighted by Gasteiger charge is 2.51. The van der Waals surface area contributed by atoms with Gasteiger partial charge in [-0.3, -0.25) is 0 Å². The van der Waals surface area contributed by atoms with Gasteiger partial charge in [-0.2, -0.15) is 0 Å². The minimum atomic E-state index is -0.904. The number of carbonyl (C=O) groups is 1. The number of esters is 1. The van der Waals surface area contributed by atoms with Crippen molar-refractivity contribution in [1.29, 1.82) is 0 Å². The Kier molecular flexibility index (Phi) is 3.48. The molecule has 0 aliphatic heterocycles. The summed E-state index contributed by atoms with van der Waals surface area (Å²) in [5, 5.41) is 20.7. The number of aliphatic hydroxyl groups excluding tert-OH is 1. The van der Waals surface area contributed by atoms with Crippen molar-refractivity contribution in [1.82, 2.24) is 0 Å². The van der Waals surface area contributed by atoms with Crippen LogP contribution >= 0.6 is 0 Å². The van der Waals surface area contributed by atoms with Gasteiger partial charge >= 0.3 is 5.97 Å². The molecule has 0 saturated heterocycles. The summed E-state index contributed by atoms with van der Waals surface area (Å²) in [5.74, 6) is -0.651. The Balaban J connectivity index is 2.42. The highest BCUT2D eigenvalue weighted by molar-refractivity contribution is 5.90. The van der Waals surface area contributed by atoms with E-state index in [0.29, 0.717) is 18.4 Å². The van der Waals surface area contributed by atoms with E-state index in [-0.39, 0.29) is 24.0 Å². The van der Waals surface area contributed by atoms with Gasteiger partial charge in [0, 0.05) is 12.3 Å². The van der Waals surface area contributed by atoms with E-state index in [1.54, 1.807) is 6.08 Å². The average molecular weight is 252 g/mol. The zero-order valence-electron chi connectivity index (χ0n) is 10.7. The summed E-state index contributed by atoms with van der Waals surface area (Å²) in [6.07, 6.45) is 4.89. The van der Waals surface area contributed by atoms with Crippen LogP contribution in [0.5, 0.6) is 0 Å². The van der Waals surface area contributed by atoms with E-state index < -0.39 is 11.6 Å². The predicted molar refractivity (Wildman–Crippen MR) is 66.9 cm³/mol. The molecule has 0 aromatic carbocycles. The van der Waals surface area contributed by atoms with Crippen molar-refractivity contribution in [3.8, 4) is 0 Å². The number of aliphatic hydroxyl groups is 2. The van der Waals surface area contributed by atoms with Gasteiger partial charge in [0.25, 0.3) is 0 Å². The van der Waals surface area contributed by atoms with Gasteiger partial charge in [0.2, 0.25) is 0 Å². The first-order valence-corrected chi connectivity index (χ1v) is 6.37. The molecule has 4 heteroatoms. The molecule has 4 nitrogen and oxygen atoms in total. The van der Waals surface area contributed by atoms with Crippen LogP contribution in [0.4, 0.5) is 0 Å². The SMILES string of the molecule is C=CC[C@H]1[C@H]2CCC[C@]1(O)CC(O)=C2C(=O)OC. The Hall–Kier alpha value is -1.29. The number of methoxy groups -OCH3 is 1. The van der Waals surface area contributed by atoms with E-state index in [1.807, 2.05) is 0 Å². The monoisotopic (exact) mass is 252 g/mol. The normalized spacial score (nSPS) is 35.2. The quantitative estimate of drug-likeness (QED) is 0.596. The maximum Gasteiger partial charge on any atom is 0.337 e. The van der Waals surface area contributed by atoms with Gasteiger partial charge in [-0.05, 0) is 31.6 Å². The van der Waals surface area contributed by atoms with Crippen molar-refractivity contribution in [2.45, 2.75) is 37.7 Å². The minimum absolute atomic E-state index is 0.00522. The number of allylic oxidation sites excluding steroid dienone is 1. The van der Waals surface area contributed by atoms with E-state index in [0.717, 1.165) is 12.8 Å². The second-order valence-corrected chi connectivity index (χ2v) is 5.26. The average Bonchev–Trinajstić information content (AvgIpc) is 2.31. The number of rotatable bonds is 3. The molecule has 1 saturated carbocycles. The van der Waals surface area contributed by atoms with Crippen molar-refractivity contribution in [2.24, 2.45) is 11.8 Å². The van der Waals surface area contributed by atoms with Crippen LogP contribution in [0.1, 0.15) is 32.1 Å². The first-order valence-electron chi connectivity index (χ1n) is 6.37. The molecule has 0 spiro atoms. The van der Waals surface area contributed by atoms with Crippen molar-refractivity contribution < 1.29 is 19.7 Å². The van der Waals surface area contributed by atoms with Crippen molar-refractivity contribution in [2.75, 3.05) is 7.11 Å². The molecule has 2 rings (SSSR count). The number of hydrogen-bond acceptors (Lipinski definition) is 4. The molecule has 2 bridgehead atoms. The Morgan fingerprint density at radius 3 is 3.00 bits per heavy atom. The summed E-state index contributed by atoms with van der Waals surface area (Å²) in [6.45, 7) is 3.72. The molecule has 0 heterocycles. The van der Waals surface area contributed by atoms with Crippen LogP contribution in [0.25, 0.3) is 0 Å². The highest BCUT2D eigenvalue weighted by atomic mass is 16.5.